The first-order valence-electron chi connectivity index (χ1n) is 8.03. The van der Waals surface area contributed by atoms with Crippen LogP contribution in [0.15, 0.2) is 24.5 Å². The Morgan fingerprint density at radius 3 is 1.90 bits per heavy atom. The van der Waals surface area contributed by atoms with Crippen LogP contribution in [0.5, 0.6) is 0 Å². The maximum absolute atomic E-state index is 10.2. The van der Waals surface area contributed by atoms with E-state index in [1.807, 2.05) is 6.08 Å². The average molecular weight is 318 g/mol. The molecule has 0 spiro atoms. The van der Waals surface area contributed by atoms with Crippen LogP contribution in [0.25, 0.3) is 0 Å². The maximum Gasteiger partial charge on any atom is 0.445 e. The van der Waals surface area contributed by atoms with E-state index in [-0.39, 0.29) is 0 Å². The molecular weight excluding hydrogens is 288 g/mol. The van der Waals surface area contributed by atoms with E-state index in [0.717, 1.165) is 19.1 Å². The molecule has 4 nitrogen and oxygen atoms in total. The summed E-state index contributed by atoms with van der Waals surface area (Å²) in [5.74, 6) is 0. The van der Waals surface area contributed by atoms with Gasteiger partial charge in [-0.05, 0) is 18.9 Å². The van der Waals surface area contributed by atoms with Gasteiger partial charge in [0.25, 0.3) is 0 Å². The predicted octanol–water partition coefficient (Wildman–Crippen LogP) is 5.19. The number of rotatable bonds is 14. The van der Waals surface area contributed by atoms with E-state index in [4.69, 9.17) is 4.55 Å². The molecule has 124 valence electrons. The largest absolute Gasteiger partial charge is 0.445 e. The molecule has 0 bridgehead atoms. The molecule has 0 unspecified atom stereocenters. The molecule has 0 aromatic carbocycles. The summed E-state index contributed by atoms with van der Waals surface area (Å²) in [6.45, 7) is 2.24. The van der Waals surface area contributed by atoms with Gasteiger partial charge in [0.1, 0.15) is 6.26 Å². The highest BCUT2D eigenvalue weighted by Crippen LogP contribution is 2.11. The van der Waals surface area contributed by atoms with Gasteiger partial charge in [-0.3, -0.25) is 4.55 Å². The van der Waals surface area contributed by atoms with Gasteiger partial charge >= 0.3 is 10.4 Å². The highest BCUT2D eigenvalue weighted by molar-refractivity contribution is 7.81. The van der Waals surface area contributed by atoms with Crippen LogP contribution in [-0.2, 0) is 14.6 Å². The van der Waals surface area contributed by atoms with Crippen LogP contribution in [0, 0.1) is 0 Å². The fourth-order valence-electron chi connectivity index (χ4n) is 2.07. The minimum Gasteiger partial charge on any atom is -0.370 e. The van der Waals surface area contributed by atoms with Crippen LogP contribution < -0.4 is 0 Å². The van der Waals surface area contributed by atoms with Gasteiger partial charge < -0.3 is 4.18 Å². The highest BCUT2D eigenvalue weighted by Gasteiger charge is 1.97. The monoisotopic (exact) mass is 318 g/mol. The van der Waals surface area contributed by atoms with Gasteiger partial charge in [-0.1, -0.05) is 76.9 Å². The van der Waals surface area contributed by atoms with Crippen LogP contribution in [0.2, 0.25) is 0 Å². The van der Waals surface area contributed by atoms with Crippen molar-refractivity contribution < 1.29 is 17.2 Å². The maximum atomic E-state index is 10.2. The molecule has 5 heteroatoms. The van der Waals surface area contributed by atoms with Crippen molar-refractivity contribution in [1.82, 2.24) is 0 Å². The Hall–Kier alpha value is -0.810. The summed E-state index contributed by atoms with van der Waals surface area (Å²) in [6.07, 6.45) is 20.3. The van der Waals surface area contributed by atoms with E-state index < -0.39 is 10.4 Å². The first-order chi connectivity index (χ1) is 10.1. The zero-order chi connectivity index (χ0) is 15.8. The Bertz CT molecular complexity index is 372. The van der Waals surface area contributed by atoms with Crippen molar-refractivity contribution >= 4 is 10.4 Å². The fraction of sp³-hybridized carbons (Fsp3) is 0.750. The second-order valence-corrected chi connectivity index (χ2v) is 6.30. The molecule has 1 N–H and O–H groups in total. The van der Waals surface area contributed by atoms with E-state index >= 15 is 0 Å². The lowest BCUT2D eigenvalue weighted by Crippen LogP contribution is -1.96. The quantitative estimate of drug-likeness (QED) is 0.207. The first kappa shape index (κ1) is 20.2. The van der Waals surface area contributed by atoms with Crippen LogP contribution in [0.4, 0.5) is 0 Å². The summed E-state index contributed by atoms with van der Waals surface area (Å²) in [5, 5.41) is 0. The van der Waals surface area contributed by atoms with Gasteiger partial charge in [0.05, 0.1) is 0 Å². The Balaban J connectivity index is 3.25. The van der Waals surface area contributed by atoms with E-state index in [1.165, 1.54) is 63.9 Å². The summed E-state index contributed by atoms with van der Waals surface area (Å²) in [5.41, 5.74) is 0. The topological polar surface area (TPSA) is 63.6 Å². The Labute approximate surface area is 130 Å². The minimum absolute atomic E-state index is 0.949. The number of hydrogen-bond acceptors (Lipinski definition) is 3. The summed E-state index contributed by atoms with van der Waals surface area (Å²) in [4.78, 5) is 0. The van der Waals surface area contributed by atoms with Gasteiger partial charge in [-0.2, -0.15) is 8.42 Å². The third-order valence-corrected chi connectivity index (χ3v) is 3.58. The standard InChI is InChI=1S/C16H30O4S/c1-2-3-4-5-6-7-8-9-10-11-12-13-14-15-16-20-21(17,18)19/h13-16H,2-12H2,1H3,(H,17,18,19). The van der Waals surface area contributed by atoms with Crippen molar-refractivity contribution in [3.8, 4) is 0 Å². The molecule has 0 fully saturated rings. The molecule has 0 aliphatic rings. The van der Waals surface area contributed by atoms with E-state index in [9.17, 15) is 8.42 Å². The number of unbranched alkanes of at least 4 members (excludes halogenated alkanes) is 10. The Morgan fingerprint density at radius 1 is 0.857 bits per heavy atom. The molecule has 0 atom stereocenters. The smallest absolute Gasteiger partial charge is 0.370 e. The van der Waals surface area contributed by atoms with Crippen LogP contribution in [0.3, 0.4) is 0 Å². The van der Waals surface area contributed by atoms with Crippen molar-refractivity contribution in [2.45, 2.75) is 77.6 Å². The summed E-state index contributed by atoms with van der Waals surface area (Å²) < 4.78 is 32.8. The van der Waals surface area contributed by atoms with Crippen molar-refractivity contribution in [3.05, 3.63) is 24.5 Å². The van der Waals surface area contributed by atoms with Crippen molar-refractivity contribution in [2.24, 2.45) is 0 Å². The third kappa shape index (κ3) is 19.2. The molecule has 0 saturated heterocycles. The van der Waals surface area contributed by atoms with Crippen molar-refractivity contribution in [1.29, 1.82) is 0 Å². The summed E-state index contributed by atoms with van der Waals surface area (Å²) in [6, 6.07) is 0. The van der Waals surface area contributed by atoms with E-state index in [2.05, 4.69) is 11.1 Å². The van der Waals surface area contributed by atoms with Gasteiger partial charge in [-0.15, -0.1) is 0 Å². The predicted molar refractivity (Wildman–Crippen MR) is 87.4 cm³/mol. The normalized spacial score (nSPS) is 12.5. The summed E-state index contributed by atoms with van der Waals surface area (Å²) >= 11 is 0. The first-order valence-corrected chi connectivity index (χ1v) is 9.40. The second kappa shape index (κ2) is 14.1. The molecule has 0 rings (SSSR count). The molecule has 0 aromatic heterocycles. The molecule has 0 aliphatic heterocycles. The van der Waals surface area contributed by atoms with E-state index in [1.54, 1.807) is 6.08 Å². The zero-order valence-corrected chi connectivity index (χ0v) is 14.0. The zero-order valence-electron chi connectivity index (χ0n) is 13.2. The van der Waals surface area contributed by atoms with E-state index in [0.29, 0.717) is 0 Å². The highest BCUT2D eigenvalue weighted by atomic mass is 32.3. The molecule has 0 radical (unpaired) electrons. The van der Waals surface area contributed by atoms with Crippen LogP contribution >= 0.6 is 0 Å². The fourth-order valence-corrected chi connectivity index (χ4v) is 2.28. The molecule has 0 amide bonds. The van der Waals surface area contributed by atoms with Gasteiger partial charge in [0.2, 0.25) is 0 Å². The average Bonchev–Trinajstić information content (AvgIpc) is 2.42. The molecule has 21 heavy (non-hydrogen) atoms. The van der Waals surface area contributed by atoms with Crippen molar-refractivity contribution in [3.63, 3.8) is 0 Å². The molecule has 0 saturated carbocycles. The van der Waals surface area contributed by atoms with Gasteiger partial charge in [0, 0.05) is 0 Å². The number of allylic oxidation sites excluding steroid dienone is 3. The lowest BCUT2D eigenvalue weighted by molar-refractivity contribution is 0.356. The lowest BCUT2D eigenvalue weighted by atomic mass is 10.1. The summed E-state index contributed by atoms with van der Waals surface area (Å²) in [7, 11) is -4.36. The third-order valence-electron chi connectivity index (χ3n) is 3.23. The molecule has 0 heterocycles. The molecule has 0 aliphatic carbocycles. The van der Waals surface area contributed by atoms with Crippen LogP contribution in [-0.4, -0.2) is 13.0 Å². The lowest BCUT2D eigenvalue weighted by Gasteiger charge is -2.01. The Kier molecular flexibility index (Phi) is 13.6. The SMILES string of the molecule is CCCCCCCCCCCCC=CC=COS(=O)(=O)O. The minimum atomic E-state index is -4.36. The molecular formula is C16H30O4S. The number of hydrogen-bond donors (Lipinski definition) is 1. The Morgan fingerprint density at radius 2 is 1.38 bits per heavy atom. The second-order valence-electron chi connectivity index (χ2n) is 5.25. The van der Waals surface area contributed by atoms with Crippen molar-refractivity contribution in [2.75, 3.05) is 0 Å². The molecule has 0 aromatic rings. The van der Waals surface area contributed by atoms with Gasteiger partial charge in [-0.25, -0.2) is 0 Å². The van der Waals surface area contributed by atoms with Gasteiger partial charge in [0.15, 0.2) is 0 Å². The van der Waals surface area contributed by atoms with Crippen LogP contribution in [0.1, 0.15) is 77.6 Å².